The molecule has 3 aromatic carbocycles. The lowest BCUT2D eigenvalue weighted by Crippen LogP contribution is -2.31. The van der Waals surface area contributed by atoms with E-state index in [2.05, 4.69) is 4.74 Å². The number of rotatable bonds is 4. The summed E-state index contributed by atoms with van der Waals surface area (Å²) in [4.78, 5) is 57.3. The number of imide groups is 1. The number of cyclic esters (lactones) is 2. The minimum atomic E-state index is -2.15. The first kappa shape index (κ1) is 25.2. The largest absolute Gasteiger partial charge is 0.385 e. The summed E-state index contributed by atoms with van der Waals surface area (Å²) in [6, 6.07) is 12.8. The molecule has 2 aliphatic rings. The smallest absolute Gasteiger partial charge is 0.350 e. The second kappa shape index (κ2) is 9.60. The van der Waals surface area contributed by atoms with Gasteiger partial charge in [0.1, 0.15) is 11.1 Å². The van der Waals surface area contributed by atoms with Crippen molar-refractivity contribution in [2.45, 2.75) is 6.42 Å². The zero-order chi connectivity index (χ0) is 27.0. The number of carbonyl (C=O) groups is 4. The van der Waals surface area contributed by atoms with Crippen LogP contribution in [-0.4, -0.2) is 40.1 Å². The van der Waals surface area contributed by atoms with Gasteiger partial charge in [-0.25, -0.2) is 27.2 Å². The first-order valence-corrected chi connectivity index (χ1v) is 10.3. The summed E-state index contributed by atoms with van der Waals surface area (Å²) in [5, 5.41) is 10.6. The number of esters is 2. The number of amides is 2. The van der Waals surface area contributed by atoms with Gasteiger partial charge in [0, 0.05) is 18.7 Å². The standard InChI is InChI=1S/C16H12N2O4.C8F4O3/c19-15-13-3-1-2-4-14(13)16(20)17(15)10-9-11-5-7-12(8-6-11)18(21)22;9-3-1-2(8(14)15-7(1)13)4(10)6(12)5(3)11/h1-8H,9-10H2;. The average molecular weight is 516 g/mol. The molecule has 37 heavy (non-hydrogen) atoms. The van der Waals surface area contributed by atoms with E-state index in [-0.39, 0.29) is 24.0 Å². The first-order chi connectivity index (χ1) is 17.5. The Bertz CT molecular complexity index is 1430. The van der Waals surface area contributed by atoms with E-state index in [1.165, 1.54) is 17.0 Å². The Morgan fingerprint density at radius 2 is 1.19 bits per heavy atom. The molecule has 0 radical (unpaired) electrons. The fraction of sp³-hybridized carbons (Fsp3) is 0.0833. The third-order valence-electron chi connectivity index (χ3n) is 5.51. The van der Waals surface area contributed by atoms with Crippen molar-refractivity contribution in [3.05, 3.63) is 110 Å². The number of ether oxygens (including phenoxy) is 1. The highest BCUT2D eigenvalue weighted by molar-refractivity contribution is 6.21. The van der Waals surface area contributed by atoms with E-state index >= 15 is 0 Å². The number of fused-ring (bicyclic) bond motifs is 2. The monoisotopic (exact) mass is 516 g/mol. The quantitative estimate of drug-likeness (QED) is 0.0751. The minimum absolute atomic E-state index is 0.0180. The Kier molecular flexibility index (Phi) is 6.53. The molecule has 0 aromatic heterocycles. The zero-order valence-corrected chi connectivity index (χ0v) is 18.3. The maximum atomic E-state index is 12.9. The van der Waals surface area contributed by atoms with Gasteiger partial charge in [0.2, 0.25) is 0 Å². The van der Waals surface area contributed by atoms with Crippen LogP contribution in [0.15, 0.2) is 48.5 Å². The Labute approximate surface area is 204 Å². The van der Waals surface area contributed by atoms with Crippen LogP contribution in [0, 0.1) is 33.4 Å². The summed E-state index contributed by atoms with van der Waals surface area (Å²) in [5.74, 6) is -11.8. The van der Waals surface area contributed by atoms with E-state index in [0.29, 0.717) is 17.5 Å². The second-order valence-corrected chi connectivity index (χ2v) is 7.66. The molecule has 2 heterocycles. The number of carbonyl (C=O) groups excluding carboxylic acids is 4. The molecule has 0 unspecified atom stereocenters. The lowest BCUT2D eigenvalue weighted by molar-refractivity contribution is -0.384. The highest BCUT2D eigenvalue weighted by Crippen LogP contribution is 2.29. The number of non-ortho nitro benzene ring substituents is 1. The lowest BCUT2D eigenvalue weighted by atomic mass is 10.1. The van der Waals surface area contributed by atoms with Gasteiger partial charge in [-0.15, -0.1) is 0 Å². The van der Waals surface area contributed by atoms with Crippen LogP contribution in [0.25, 0.3) is 0 Å². The molecule has 9 nitrogen and oxygen atoms in total. The van der Waals surface area contributed by atoms with Crippen LogP contribution in [0.1, 0.15) is 47.0 Å². The molecule has 0 spiro atoms. The van der Waals surface area contributed by atoms with Crippen LogP contribution in [0.4, 0.5) is 23.2 Å². The van der Waals surface area contributed by atoms with Crippen molar-refractivity contribution < 1.29 is 46.4 Å². The number of nitrogens with zero attached hydrogens (tertiary/aromatic N) is 2. The van der Waals surface area contributed by atoms with E-state index in [0.717, 1.165) is 5.56 Å². The summed E-state index contributed by atoms with van der Waals surface area (Å²) in [6.07, 6.45) is 0.462. The van der Waals surface area contributed by atoms with Crippen molar-refractivity contribution in [1.29, 1.82) is 0 Å². The Morgan fingerprint density at radius 1 is 0.730 bits per heavy atom. The highest BCUT2D eigenvalue weighted by atomic mass is 19.2. The van der Waals surface area contributed by atoms with Crippen LogP contribution >= 0.6 is 0 Å². The molecular weight excluding hydrogens is 504 g/mol. The molecule has 0 atom stereocenters. The Hall–Kier alpha value is -4.94. The van der Waals surface area contributed by atoms with Gasteiger partial charge in [0.15, 0.2) is 23.3 Å². The van der Waals surface area contributed by atoms with E-state index < -0.39 is 51.3 Å². The first-order valence-electron chi connectivity index (χ1n) is 10.3. The molecular formula is C24H12F4N2O7. The molecule has 5 rings (SSSR count). The number of nitro benzene ring substituents is 1. The number of halogens is 4. The summed E-state index contributed by atoms with van der Waals surface area (Å²) in [6.45, 7) is 0.254. The zero-order valence-electron chi connectivity index (χ0n) is 18.3. The number of hydrogen-bond donors (Lipinski definition) is 0. The number of hydrogen-bond acceptors (Lipinski definition) is 7. The number of benzene rings is 3. The van der Waals surface area contributed by atoms with E-state index in [1.807, 2.05) is 0 Å². The molecule has 2 amide bonds. The van der Waals surface area contributed by atoms with Gasteiger partial charge >= 0.3 is 11.9 Å². The fourth-order valence-electron chi connectivity index (χ4n) is 3.67. The summed E-state index contributed by atoms with van der Waals surface area (Å²) >= 11 is 0. The van der Waals surface area contributed by atoms with Crippen LogP contribution in [0.5, 0.6) is 0 Å². The summed E-state index contributed by atoms with van der Waals surface area (Å²) in [7, 11) is 0. The van der Waals surface area contributed by atoms with Crippen LogP contribution < -0.4 is 0 Å². The van der Waals surface area contributed by atoms with Crippen LogP contribution in [0.2, 0.25) is 0 Å². The maximum absolute atomic E-state index is 12.9. The normalized spacial score (nSPS) is 13.7. The molecule has 3 aromatic rings. The van der Waals surface area contributed by atoms with Crippen molar-refractivity contribution in [2.24, 2.45) is 0 Å². The van der Waals surface area contributed by atoms with Gasteiger partial charge in [-0.3, -0.25) is 24.6 Å². The molecule has 0 aliphatic carbocycles. The molecule has 0 saturated heterocycles. The van der Waals surface area contributed by atoms with Crippen LogP contribution in [-0.2, 0) is 11.2 Å². The highest BCUT2D eigenvalue weighted by Gasteiger charge is 2.40. The van der Waals surface area contributed by atoms with Gasteiger partial charge in [-0.2, -0.15) is 0 Å². The summed E-state index contributed by atoms with van der Waals surface area (Å²) < 4.78 is 55.0. The predicted molar refractivity (Wildman–Crippen MR) is 115 cm³/mol. The predicted octanol–water partition coefficient (Wildman–Crippen LogP) is 3.99. The number of nitro groups is 1. The fourth-order valence-corrected chi connectivity index (χ4v) is 3.67. The molecule has 0 bridgehead atoms. The Balaban J connectivity index is 0.000000186. The second-order valence-electron chi connectivity index (χ2n) is 7.66. The van der Waals surface area contributed by atoms with Gasteiger partial charge in [-0.05, 0) is 24.1 Å². The van der Waals surface area contributed by atoms with Gasteiger partial charge in [0.05, 0.1) is 16.1 Å². The minimum Gasteiger partial charge on any atom is -0.385 e. The van der Waals surface area contributed by atoms with Gasteiger partial charge in [-0.1, -0.05) is 24.3 Å². The van der Waals surface area contributed by atoms with Crippen molar-refractivity contribution in [3.8, 4) is 0 Å². The Morgan fingerprint density at radius 3 is 1.62 bits per heavy atom. The van der Waals surface area contributed by atoms with Crippen LogP contribution in [0.3, 0.4) is 0 Å². The molecule has 13 heteroatoms. The topological polar surface area (TPSA) is 124 Å². The van der Waals surface area contributed by atoms with E-state index in [4.69, 9.17) is 0 Å². The van der Waals surface area contributed by atoms with Crippen molar-refractivity contribution in [1.82, 2.24) is 4.90 Å². The molecule has 188 valence electrons. The van der Waals surface area contributed by atoms with Crippen molar-refractivity contribution in [3.63, 3.8) is 0 Å². The SMILES string of the molecule is O=C1OC(=O)c2c(F)c(F)c(F)c(F)c21.O=C1c2ccccc2C(=O)N1CCc1ccc([N+](=O)[O-])cc1. The van der Waals surface area contributed by atoms with Gasteiger partial charge in [0.25, 0.3) is 17.5 Å². The van der Waals surface area contributed by atoms with E-state index in [1.54, 1.807) is 36.4 Å². The maximum Gasteiger partial charge on any atom is 0.350 e. The van der Waals surface area contributed by atoms with Crippen molar-refractivity contribution in [2.75, 3.05) is 6.54 Å². The third kappa shape index (κ3) is 4.42. The molecule has 2 aliphatic heterocycles. The molecule has 0 saturated carbocycles. The molecule has 0 fully saturated rings. The lowest BCUT2D eigenvalue weighted by Gasteiger charge is -2.13. The summed E-state index contributed by atoms with van der Waals surface area (Å²) in [5.41, 5.74) is -0.716. The average Bonchev–Trinajstić information content (AvgIpc) is 3.32. The third-order valence-corrected chi connectivity index (χ3v) is 5.51. The molecule has 0 N–H and O–H groups in total. The van der Waals surface area contributed by atoms with Gasteiger partial charge < -0.3 is 4.74 Å². The van der Waals surface area contributed by atoms with E-state index in [9.17, 15) is 46.9 Å². The van der Waals surface area contributed by atoms with Crippen molar-refractivity contribution >= 4 is 29.4 Å².